The van der Waals surface area contributed by atoms with Gasteiger partial charge in [0.2, 0.25) is 5.91 Å². The van der Waals surface area contributed by atoms with Gasteiger partial charge in [-0.1, -0.05) is 18.2 Å². The van der Waals surface area contributed by atoms with E-state index in [0.717, 1.165) is 31.6 Å². The van der Waals surface area contributed by atoms with E-state index in [4.69, 9.17) is 0 Å². The lowest BCUT2D eigenvalue weighted by atomic mass is 10.1. The summed E-state index contributed by atoms with van der Waals surface area (Å²) < 4.78 is 0. The minimum absolute atomic E-state index is 0.143. The van der Waals surface area contributed by atoms with Crippen molar-refractivity contribution in [3.63, 3.8) is 0 Å². The average molecular weight is 452 g/mol. The third kappa shape index (κ3) is 5.67. The van der Waals surface area contributed by atoms with E-state index in [0.29, 0.717) is 38.4 Å². The van der Waals surface area contributed by atoms with Gasteiger partial charge in [0.25, 0.3) is 11.6 Å². The Labute approximate surface area is 193 Å². The summed E-state index contributed by atoms with van der Waals surface area (Å²) in [5.41, 5.74) is 1.22. The van der Waals surface area contributed by atoms with Gasteiger partial charge in [0.15, 0.2) is 0 Å². The summed E-state index contributed by atoms with van der Waals surface area (Å²) in [7, 11) is 0. The van der Waals surface area contributed by atoms with Gasteiger partial charge in [0.1, 0.15) is 5.69 Å². The van der Waals surface area contributed by atoms with E-state index in [1.807, 2.05) is 35.2 Å². The lowest BCUT2D eigenvalue weighted by Crippen LogP contribution is -2.52. The molecule has 33 heavy (non-hydrogen) atoms. The molecule has 1 N–H and O–H groups in total. The molecule has 0 radical (unpaired) electrons. The van der Waals surface area contributed by atoms with Crippen LogP contribution in [0.15, 0.2) is 48.5 Å². The number of piperazine rings is 1. The second-order valence-electron chi connectivity index (χ2n) is 8.49. The van der Waals surface area contributed by atoms with Crippen molar-refractivity contribution in [2.45, 2.75) is 19.3 Å². The molecule has 2 aliphatic heterocycles. The van der Waals surface area contributed by atoms with Crippen molar-refractivity contribution in [1.29, 1.82) is 0 Å². The molecule has 0 spiro atoms. The quantitative estimate of drug-likeness (QED) is 0.535. The number of hydrogen-bond donors (Lipinski definition) is 1. The smallest absolute Gasteiger partial charge is 0.293 e. The van der Waals surface area contributed by atoms with Crippen molar-refractivity contribution in [1.82, 2.24) is 14.7 Å². The number of benzene rings is 2. The normalized spacial score (nSPS) is 17.0. The first kappa shape index (κ1) is 22.7. The van der Waals surface area contributed by atoms with Crippen LogP contribution in [0.5, 0.6) is 0 Å². The van der Waals surface area contributed by atoms with Crippen LogP contribution in [0.3, 0.4) is 0 Å². The van der Waals surface area contributed by atoms with Gasteiger partial charge in [-0.15, -0.1) is 0 Å². The van der Waals surface area contributed by atoms with Gasteiger partial charge in [-0.25, -0.2) is 0 Å². The van der Waals surface area contributed by atoms with E-state index in [-0.39, 0.29) is 23.1 Å². The second-order valence-corrected chi connectivity index (χ2v) is 8.49. The summed E-state index contributed by atoms with van der Waals surface area (Å²) >= 11 is 0. The van der Waals surface area contributed by atoms with E-state index >= 15 is 0 Å². The van der Waals surface area contributed by atoms with Crippen molar-refractivity contribution in [3.05, 3.63) is 64.2 Å². The molecule has 2 aromatic carbocycles. The van der Waals surface area contributed by atoms with Crippen LogP contribution in [0.4, 0.5) is 17.1 Å². The van der Waals surface area contributed by atoms with Crippen LogP contribution >= 0.6 is 0 Å². The number of nitro groups is 1. The first-order chi connectivity index (χ1) is 16.0. The summed E-state index contributed by atoms with van der Waals surface area (Å²) in [4.78, 5) is 42.4. The second kappa shape index (κ2) is 10.4. The van der Waals surface area contributed by atoms with Crippen LogP contribution in [0.1, 0.15) is 29.6 Å². The molecule has 0 aliphatic carbocycles. The maximum absolute atomic E-state index is 13.0. The maximum atomic E-state index is 13.0. The standard InChI is InChI=1S/C24H29N5O4/c30-23(27-11-5-2-6-12-27)18-26-13-15-28(16-14-26)24(31)19-9-10-21(22(17-19)29(32)33)25-20-7-3-1-4-8-20/h1,3-4,7-10,17,25H,2,5-6,11-16,18H2. The Morgan fingerprint density at radius 1 is 0.879 bits per heavy atom. The summed E-state index contributed by atoms with van der Waals surface area (Å²) in [5.74, 6) is -0.0713. The van der Waals surface area contributed by atoms with Crippen molar-refractivity contribution in [2.24, 2.45) is 0 Å². The molecule has 2 aliphatic rings. The molecule has 0 unspecified atom stereocenters. The van der Waals surface area contributed by atoms with Crippen LogP contribution in [0.25, 0.3) is 0 Å². The SMILES string of the molecule is O=C(CN1CCN(C(=O)c2ccc(Nc3ccccc3)c([N+](=O)[O-])c2)CC1)N1CCCCC1. The molecule has 0 aromatic heterocycles. The van der Waals surface area contributed by atoms with E-state index in [9.17, 15) is 19.7 Å². The number of piperidine rings is 1. The Balaban J connectivity index is 1.36. The van der Waals surface area contributed by atoms with Gasteiger partial charge < -0.3 is 15.1 Å². The average Bonchev–Trinajstić information content (AvgIpc) is 2.85. The highest BCUT2D eigenvalue weighted by Crippen LogP contribution is 2.29. The highest BCUT2D eigenvalue weighted by atomic mass is 16.6. The molecule has 0 atom stereocenters. The summed E-state index contributed by atoms with van der Waals surface area (Å²) in [6, 6.07) is 13.7. The molecule has 9 heteroatoms. The van der Waals surface area contributed by atoms with Crippen molar-refractivity contribution < 1.29 is 14.5 Å². The van der Waals surface area contributed by atoms with E-state index in [1.165, 1.54) is 12.5 Å². The number of rotatable bonds is 6. The Hall–Kier alpha value is -3.46. The van der Waals surface area contributed by atoms with E-state index in [1.54, 1.807) is 17.0 Å². The zero-order valence-corrected chi connectivity index (χ0v) is 18.6. The Bertz CT molecular complexity index is 999. The predicted octanol–water partition coefficient (Wildman–Crippen LogP) is 3.11. The summed E-state index contributed by atoms with van der Waals surface area (Å²) in [5, 5.41) is 14.7. The number of carbonyl (C=O) groups excluding carboxylic acids is 2. The van der Waals surface area contributed by atoms with Crippen molar-refractivity contribution >= 4 is 28.9 Å². The maximum Gasteiger partial charge on any atom is 0.293 e. The van der Waals surface area contributed by atoms with Crippen LogP contribution in [-0.4, -0.2) is 77.3 Å². The molecule has 2 amide bonds. The number of nitrogens with zero attached hydrogens (tertiary/aromatic N) is 4. The van der Waals surface area contributed by atoms with Crippen LogP contribution < -0.4 is 5.32 Å². The Morgan fingerprint density at radius 2 is 1.58 bits per heavy atom. The van der Waals surface area contributed by atoms with Gasteiger partial charge >= 0.3 is 0 Å². The molecule has 0 saturated carbocycles. The number of carbonyl (C=O) groups is 2. The summed E-state index contributed by atoms with van der Waals surface area (Å²) in [6.07, 6.45) is 3.33. The number of amides is 2. The number of hydrogen-bond acceptors (Lipinski definition) is 6. The third-order valence-corrected chi connectivity index (χ3v) is 6.22. The molecular weight excluding hydrogens is 422 g/mol. The Kier molecular flexibility index (Phi) is 7.19. The lowest BCUT2D eigenvalue weighted by Gasteiger charge is -2.36. The largest absolute Gasteiger partial charge is 0.350 e. The molecule has 2 saturated heterocycles. The predicted molar refractivity (Wildman–Crippen MR) is 126 cm³/mol. The van der Waals surface area contributed by atoms with Gasteiger partial charge in [-0.3, -0.25) is 24.6 Å². The number of nitrogens with one attached hydrogen (secondary N) is 1. The molecule has 2 fully saturated rings. The number of anilines is 2. The third-order valence-electron chi connectivity index (χ3n) is 6.22. The zero-order chi connectivity index (χ0) is 23.2. The van der Waals surface area contributed by atoms with Crippen LogP contribution in [0, 0.1) is 10.1 Å². The topological polar surface area (TPSA) is 99.0 Å². The number of para-hydroxylation sites is 1. The van der Waals surface area contributed by atoms with Gasteiger partial charge in [-0.2, -0.15) is 0 Å². The van der Waals surface area contributed by atoms with Gasteiger partial charge in [0.05, 0.1) is 11.5 Å². The lowest BCUT2D eigenvalue weighted by molar-refractivity contribution is -0.383. The van der Waals surface area contributed by atoms with Gasteiger partial charge in [0, 0.05) is 56.6 Å². The van der Waals surface area contributed by atoms with Crippen molar-refractivity contribution in [3.8, 4) is 0 Å². The van der Waals surface area contributed by atoms with E-state index < -0.39 is 4.92 Å². The van der Waals surface area contributed by atoms with E-state index in [2.05, 4.69) is 10.2 Å². The molecule has 9 nitrogen and oxygen atoms in total. The number of likely N-dealkylation sites (tertiary alicyclic amines) is 1. The summed E-state index contributed by atoms with van der Waals surface area (Å²) in [6.45, 7) is 4.26. The fraction of sp³-hybridized carbons (Fsp3) is 0.417. The fourth-order valence-electron chi connectivity index (χ4n) is 4.32. The first-order valence-corrected chi connectivity index (χ1v) is 11.4. The minimum Gasteiger partial charge on any atom is -0.350 e. The molecule has 4 rings (SSSR count). The molecule has 0 bridgehead atoms. The molecule has 2 heterocycles. The minimum atomic E-state index is -0.480. The van der Waals surface area contributed by atoms with Crippen LogP contribution in [0.2, 0.25) is 0 Å². The molecular formula is C24H29N5O4. The molecule has 174 valence electrons. The van der Waals surface area contributed by atoms with Crippen LogP contribution in [-0.2, 0) is 4.79 Å². The van der Waals surface area contributed by atoms with Crippen molar-refractivity contribution in [2.75, 3.05) is 51.1 Å². The number of nitro benzene ring substituents is 1. The fourth-order valence-corrected chi connectivity index (χ4v) is 4.32. The highest BCUT2D eigenvalue weighted by Gasteiger charge is 2.27. The Morgan fingerprint density at radius 3 is 2.24 bits per heavy atom. The first-order valence-electron chi connectivity index (χ1n) is 11.4. The highest BCUT2D eigenvalue weighted by molar-refractivity contribution is 5.96. The monoisotopic (exact) mass is 451 g/mol. The molecule has 2 aromatic rings. The zero-order valence-electron chi connectivity index (χ0n) is 18.6. The van der Waals surface area contributed by atoms with Gasteiger partial charge in [-0.05, 0) is 43.5 Å².